The first-order valence-electron chi connectivity index (χ1n) is 6.13. The van der Waals surface area contributed by atoms with E-state index < -0.39 is 10.5 Å². The molecule has 0 bridgehead atoms. The number of amides is 1. The van der Waals surface area contributed by atoms with Crippen molar-refractivity contribution >= 4 is 11.6 Å². The fourth-order valence-electron chi connectivity index (χ4n) is 2.39. The first kappa shape index (κ1) is 13.5. The number of aliphatic hydroxyl groups excluding tert-OH is 1. The van der Waals surface area contributed by atoms with Gasteiger partial charge in [-0.2, -0.15) is 5.10 Å². The first-order chi connectivity index (χ1) is 9.04. The number of nitrogens with zero attached hydrogens (tertiary/aromatic N) is 3. The second-order valence-corrected chi connectivity index (χ2v) is 4.85. The molecule has 1 heterocycles. The third-order valence-electron chi connectivity index (χ3n) is 3.40. The van der Waals surface area contributed by atoms with Crippen molar-refractivity contribution in [1.82, 2.24) is 15.1 Å². The Hall–Kier alpha value is -1.96. The van der Waals surface area contributed by atoms with Crippen LogP contribution in [-0.2, 0) is 11.3 Å². The first-order valence-corrected chi connectivity index (χ1v) is 6.13. The summed E-state index contributed by atoms with van der Waals surface area (Å²) in [5.74, 6) is -0.297. The third-order valence-corrected chi connectivity index (χ3v) is 3.40. The average Bonchev–Trinajstić information content (AvgIpc) is 2.99. The standard InChI is InChI=1S/C11H16N4O4/c16-8-11(3-1-2-4-11)13-10(17)7-14-6-9(5-12-14)15(18)19/h5-6,16H,1-4,7-8H2,(H,13,17). The second-order valence-electron chi connectivity index (χ2n) is 4.85. The summed E-state index contributed by atoms with van der Waals surface area (Å²) in [4.78, 5) is 21.8. The molecule has 0 aliphatic heterocycles. The monoisotopic (exact) mass is 268 g/mol. The average molecular weight is 268 g/mol. The molecular formula is C11H16N4O4. The molecule has 19 heavy (non-hydrogen) atoms. The highest BCUT2D eigenvalue weighted by atomic mass is 16.6. The number of carbonyl (C=O) groups is 1. The Kier molecular flexibility index (Phi) is 3.79. The van der Waals surface area contributed by atoms with Crippen LogP contribution in [0, 0.1) is 10.1 Å². The van der Waals surface area contributed by atoms with E-state index in [-0.39, 0.29) is 24.7 Å². The molecule has 0 aromatic carbocycles. The molecule has 1 aliphatic carbocycles. The normalized spacial score (nSPS) is 17.3. The van der Waals surface area contributed by atoms with Gasteiger partial charge in [0.1, 0.15) is 18.9 Å². The van der Waals surface area contributed by atoms with Gasteiger partial charge in [0.2, 0.25) is 5.91 Å². The Morgan fingerprint density at radius 2 is 2.26 bits per heavy atom. The number of hydrogen-bond acceptors (Lipinski definition) is 5. The number of nitro groups is 1. The number of hydrogen-bond donors (Lipinski definition) is 2. The number of carbonyl (C=O) groups excluding carboxylic acids is 1. The molecule has 0 saturated heterocycles. The van der Waals surface area contributed by atoms with Crippen molar-refractivity contribution in [2.24, 2.45) is 0 Å². The van der Waals surface area contributed by atoms with Gasteiger partial charge in [-0.05, 0) is 12.8 Å². The van der Waals surface area contributed by atoms with E-state index in [0.717, 1.165) is 31.9 Å². The van der Waals surface area contributed by atoms with Crippen LogP contribution < -0.4 is 5.32 Å². The molecule has 2 rings (SSSR count). The summed E-state index contributed by atoms with van der Waals surface area (Å²) in [5, 5.41) is 26.4. The summed E-state index contributed by atoms with van der Waals surface area (Å²) in [6.45, 7) is -0.173. The molecule has 8 nitrogen and oxygen atoms in total. The molecule has 1 amide bonds. The van der Waals surface area contributed by atoms with Crippen LogP contribution in [0.3, 0.4) is 0 Å². The van der Waals surface area contributed by atoms with Gasteiger partial charge >= 0.3 is 5.69 Å². The summed E-state index contributed by atoms with van der Waals surface area (Å²) in [6, 6.07) is 0. The zero-order valence-electron chi connectivity index (χ0n) is 10.4. The second kappa shape index (κ2) is 5.35. The molecule has 1 aliphatic rings. The highest BCUT2D eigenvalue weighted by molar-refractivity contribution is 5.76. The van der Waals surface area contributed by atoms with Crippen molar-refractivity contribution in [3.8, 4) is 0 Å². The lowest BCUT2D eigenvalue weighted by Gasteiger charge is -2.27. The SMILES string of the molecule is O=C(Cn1cc([N+](=O)[O-])cn1)NC1(CO)CCCC1. The molecule has 1 saturated carbocycles. The van der Waals surface area contributed by atoms with Gasteiger partial charge in [-0.1, -0.05) is 12.8 Å². The maximum atomic E-state index is 11.9. The van der Waals surface area contributed by atoms with Gasteiger partial charge < -0.3 is 10.4 Å². The van der Waals surface area contributed by atoms with Crippen LogP contribution in [0.4, 0.5) is 5.69 Å². The number of aliphatic hydroxyl groups is 1. The highest BCUT2D eigenvalue weighted by Gasteiger charge is 2.34. The Morgan fingerprint density at radius 3 is 2.79 bits per heavy atom. The van der Waals surface area contributed by atoms with Crippen molar-refractivity contribution in [3.63, 3.8) is 0 Å². The summed E-state index contributed by atoms with van der Waals surface area (Å²) in [5.41, 5.74) is -0.679. The molecule has 1 fully saturated rings. The maximum Gasteiger partial charge on any atom is 0.307 e. The quantitative estimate of drug-likeness (QED) is 0.586. The molecule has 2 N–H and O–H groups in total. The predicted octanol–water partition coefficient (Wildman–Crippen LogP) is 0.213. The fraction of sp³-hybridized carbons (Fsp3) is 0.636. The Labute approximate surface area is 109 Å². The fourth-order valence-corrected chi connectivity index (χ4v) is 2.39. The summed E-state index contributed by atoms with van der Waals surface area (Å²) < 4.78 is 1.22. The lowest BCUT2D eigenvalue weighted by molar-refractivity contribution is -0.385. The van der Waals surface area contributed by atoms with Crippen LogP contribution in [0.25, 0.3) is 0 Å². The number of rotatable bonds is 5. The van der Waals surface area contributed by atoms with Crippen LogP contribution in [0.1, 0.15) is 25.7 Å². The number of aromatic nitrogens is 2. The van der Waals surface area contributed by atoms with E-state index in [4.69, 9.17) is 0 Å². The van der Waals surface area contributed by atoms with E-state index in [1.807, 2.05) is 0 Å². The van der Waals surface area contributed by atoms with Crippen molar-refractivity contribution in [2.45, 2.75) is 37.8 Å². The van der Waals surface area contributed by atoms with Crippen molar-refractivity contribution < 1.29 is 14.8 Å². The zero-order valence-corrected chi connectivity index (χ0v) is 10.4. The number of nitrogens with one attached hydrogen (secondary N) is 1. The molecule has 1 aromatic rings. The molecular weight excluding hydrogens is 252 g/mol. The Bertz CT molecular complexity index is 479. The largest absolute Gasteiger partial charge is 0.394 e. The zero-order chi connectivity index (χ0) is 13.9. The third kappa shape index (κ3) is 3.08. The Morgan fingerprint density at radius 1 is 1.58 bits per heavy atom. The molecule has 1 aromatic heterocycles. The van der Waals surface area contributed by atoms with Gasteiger partial charge in [-0.3, -0.25) is 19.6 Å². The molecule has 0 atom stereocenters. The van der Waals surface area contributed by atoms with E-state index in [0.29, 0.717) is 0 Å². The van der Waals surface area contributed by atoms with Gasteiger partial charge in [-0.25, -0.2) is 0 Å². The molecule has 0 radical (unpaired) electrons. The van der Waals surface area contributed by atoms with Crippen LogP contribution in [0.2, 0.25) is 0 Å². The Balaban J connectivity index is 1.95. The van der Waals surface area contributed by atoms with Gasteiger partial charge in [0.15, 0.2) is 0 Å². The maximum absolute atomic E-state index is 11.9. The van der Waals surface area contributed by atoms with Gasteiger partial charge in [0.05, 0.1) is 17.1 Å². The van der Waals surface area contributed by atoms with E-state index in [1.54, 1.807) is 0 Å². The molecule has 8 heteroatoms. The molecule has 0 unspecified atom stereocenters. The molecule has 0 spiro atoms. The van der Waals surface area contributed by atoms with Gasteiger partial charge in [0, 0.05) is 0 Å². The van der Waals surface area contributed by atoms with Gasteiger partial charge in [-0.15, -0.1) is 0 Å². The van der Waals surface area contributed by atoms with E-state index in [9.17, 15) is 20.0 Å². The minimum Gasteiger partial charge on any atom is -0.394 e. The van der Waals surface area contributed by atoms with E-state index >= 15 is 0 Å². The van der Waals surface area contributed by atoms with Crippen LogP contribution in [0.15, 0.2) is 12.4 Å². The minimum atomic E-state index is -0.562. The van der Waals surface area contributed by atoms with Crippen LogP contribution in [0.5, 0.6) is 0 Å². The molecule has 104 valence electrons. The van der Waals surface area contributed by atoms with Crippen LogP contribution in [-0.4, -0.2) is 37.9 Å². The lowest BCUT2D eigenvalue weighted by Crippen LogP contribution is -2.50. The topological polar surface area (TPSA) is 110 Å². The van der Waals surface area contributed by atoms with E-state index in [2.05, 4.69) is 10.4 Å². The highest BCUT2D eigenvalue weighted by Crippen LogP contribution is 2.29. The summed E-state index contributed by atoms with van der Waals surface area (Å²) >= 11 is 0. The van der Waals surface area contributed by atoms with Crippen molar-refractivity contribution in [3.05, 3.63) is 22.5 Å². The van der Waals surface area contributed by atoms with E-state index in [1.165, 1.54) is 10.9 Å². The van der Waals surface area contributed by atoms with Crippen LogP contribution >= 0.6 is 0 Å². The lowest BCUT2D eigenvalue weighted by atomic mass is 9.99. The van der Waals surface area contributed by atoms with Gasteiger partial charge in [0.25, 0.3) is 0 Å². The summed E-state index contributed by atoms with van der Waals surface area (Å²) in [7, 11) is 0. The summed E-state index contributed by atoms with van der Waals surface area (Å²) in [6.07, 6.45) is 5.79. The predicted molar refractivity (Wildman–Crippen MR) is 65.3 cm³/mol. The van der Waals surface area contributed by atoms with Crippen molar-refractivity contribution in [2.75, 3.05) is 6.61 Å². The minimum absolute atomic E-state index is 0.0853. The van der Waals surface area contributed by atoms with Crippen molar-refractivity contribution in [1.29, 1.82) is 0 Å². The smallest absolute Gasteiger partial charge is 0.307 e.